The average molecular weight is 262 g/mol. The minimum absolute atomic E-state index is 0.310. The van der Waals surface area contributed by atoms with E-state index in [9.17, 15) is 0 Å². The number of benzene rings is 1. The summed E-state index contributed by atoms with van der Waals surface area (Å²) in [5.41, 5.74) is 4.07. The van der Waals surface area contributed by atoms with Gasteiger partial charge in [0.05, 0.1) is 12.2 Å². The third-order valence-electron chi connectivity index (χ3n) is 3.60. The van der Waals surface area contributed by atoms with Gasteiger partial charge in [0, 0.05) is 25.3 Å². The van der Waals surface area contributed by atoms with E-state index in [-0.39, 0.29) is 0 Å². The lowest BCUT2D eigenvalue weighted by atomic mass is 10.1. The van der Waals surface area contributed by atoms with E-state index in [1.807, 2.05) is 0 Å². The molecule has 3 nitrogen and oxygen atoms in total. The number of ether oxygens (including phenoxy) is 1. The molecule has 3 heteroatoms. The number of hydrogen-bond donors (Lipinski definition) is 1. The van der Waals surface area contributed by atoms with Crippen molar-refractivity contribution in [3.63, 3.8) is 0 Å². The van der Waals surface area contributed by atoms with Crippen molar-refractivity contribution in [2.45, 2.75) is 46.4 Å². The summed E-state index contributed by atoms with van der Waals surface area (Å²) in [5, 5.41) is 3.37. The van der Waals surface area contributed by atoms with Gasteiger partial charge in [0.15, 0.2) is 0 Å². The van der Waals surface area contributed by atoms with Crippen LogP contribution in [0.3, 0.4) is 0 Å². The number of hydrogen-bond acceptors (Lipinski definition) is 3. The van der Waals surface area contributed by atoms with Crippen LogP contribution in [-0.4, -0.2) is 31.8 Å². The first-order valence-corrected chi connectivity index (χ1v) is 7.30. The topological polar surface area (TPSA) is 24.5 Å². The molecule has 0 unspecified atom stereocenters. The van der Waals surface area contributed by atoms with Crippen molar-refractivity contribution in [1.29, 1.82) is 0 Å². The molecule has 0 radical (unpaired) electrons. The van der Waals surface area contributed by atoms with Crippen molar-refractivity contribution in [3.05, 3.63) is 29.3 Å². The van der Waals surface area contributed by atoms with Crippen LogP contribution in [0.1, 0.15) is 31.9 Å². The quantitative estimate of drug-likeness (QED) is 0.903. The molecular formula is C16H26N2O. The second-order valence-electron chi connectivity index (χ2n) is 5.56. The van der Waals surface area contributed by atoms with E-state index in [1.165, 1.54) is 16.8 Å². The normalized spacial score (nSPS) is 23.7. The molecule has 2 rings (SSSR count). The molecule has 0 spiro atoms. The van der Waals surface area contributed by atoms with Crippen molar-refractivity contribution < 1.29 is 4.74 Å². The zero-order valence-corrected chi connectivity index (χ0v) is 12.6. The minimum Gasteiger partial charge on any atom is -0.372 e. The molecule has 0 saturated carbocycles. The Balaban J connectivity index is 2.11. The molecule has 0 aromatic heterocycles. The summed E-state index contributed by atoms with van der Waals surface area (Å²) in [4.78, 5) is 2.45. The van der Waals surface area contributed by atoms with Crippen LogP contribution in [0.5, 0.6) is 0 Å². The summed E-state index contributed by atoms with van der Waals surface area (Å²) < 4.78 is 5.80. The summed E-state index contributed by atoms with van der Waals surface area (Å²) >= 11 is 0. The largest absolute Gasteiger partial charge is 0.372 e. The molecule has 1 saturated heterocycles. The molecule has 2 atom stereocenters. The maximum atomic E-state index is 5.80. The lowest BCUT2D eigenvalue weighted by Gasteiger charge is -2.37. The Bertz CT molecular complexity index is 409. The molecule has 1 aromatic carbocycles. The second kappa shape index (κ2) is 6.40. The van der Waals surface area contributed by atoms with Crippen LogP contribution in [0.15, 0.2) is 18.2 Å². The first-order valence-electron chi connectivity index (χ1n) is 7.30. The molecule has 1 heterocycles. The zero-order valence-electron chi connectivity index (χ0n) is 12.6. The first-order chi connectivity index (χ1) is 9.10. The lowest BCUT2D eigenvalue weighted by molar-refractivity contribution is -0.00524. The molecule has 1 aliphatic heterocycles. The van der Waals surface area contributed by atoms with Gasteiger partial charge >= 0.3 is 0 Å². The molecular weight excluding hydrogens is 236 g/mol. The summed E-state index contributed by atoms with van der Waals surface area (Å²) in [5.74, 6) is 0. The Morgan fingerprint density at radius 1 is 1.26 bits per heavy atom. The van der Waals surface area contributed by atoms with Gasteiger partial charge in [0.25, 0.3) is 0 Å². The van der Waals surface area contributed by atoms with Crippen LogP contribution in [0.4, 0.5) is 5.69 Å². The van der Waals surface area contributed by atoms with E-state index >= 15 is 0 Å². The molecule has 0 amide bonds. The van der Waals surface area contributed by atoms with Gasteiger partial charge in [-0.05, 0) is 44.5 Å². The fourth-order valence-electron chi connectivity index (χ4n) is 2.83. The lowest BCUT2D eigenvalue weighted by Crippen LogP contribution is -2.45. The predicted molar refractivity (Wildman–Crippen MR) is 80.8 cm³/mol. The van der Waals surface area contributed by atoms with Crippen molar-refractivity contribution in [2.75, 3.05) is 24.5 Å². The number of nitrogens with one attached hydrogen (secondary N) is 1. The van der Waals surface area contributed by atoms with E-state index in [0.717, 1.165) is 26.2 Å². The first kappa shape index (κ1) is 14.4. The molecule has 1 aliphatic rings. The van der Waals surface area contributed by atoms with Gasteiger partial charge in [-0.2, -0.15) is 0 Å². The number of anilines is 1. The van der Waals surface area contributed by atoms with Crippen LogP contribution in [0, 0.1) is 6.92 Å². The van der Waals surface area contributed by atoms with Crippen molar-refractivity contribution in [3.8, 4) is 0 Å². The van der Waals surface area contributed by atoms with Crippen molar-refractivity contribution in [1.82, 2.24) is 5.32 Å². The average Bonchev–Trinajstić information content (AvgIpc) is 2.35. The standard InChI is InChI=1S/C16H26N2O/c1-5-17-9-15-6-7-16(12(2)8-15)18-10-13(3)19-14(4)11-18/h6-8,13-14,17H,5,9-11H2,1-4H3/t13-,14+. The van der Waals surface area contributed by atoms with E-state index in [0.29, 0.717) is 12.2 Å². The maximum Gasteiger partial charge on any atom is 0.0726 e. The highest BCUT2D eigenvalue weighted by molar-refractivity contribution is 5.55. The van der Waals surface area contributed by atoms with Gasteiger partial charge in [-0.25, -0.2) is 0 Å². The summed E-state index contributed by atoms with van der Waals surface area (Å²) in [6.07, 6.45) is 0.620. The fraction of sp³-hybridized carbons (Fsp3) is 0.625. The zero-order chi connectivity index (χ0) is 13.8. The van der Waals surface area contributed by atoms with Gasteiger partial charge in [0.1, 0.15) is 0 Å². The molecule has 19 heavy (non-hydrogen) atoms. The molecule has 1 aromatic rings. The summed E-state index contributed by atoms with van der Waals surface area (Å²) in [7, 11) is 0. The molecule has 1 fully saturated rings. The van der Waals surface area contributed by atoms with E-state index in [2.05, 4.69) is 56.1 Å². The predicted octanol–water partition coefficient (Wildman–Crippen LogP) is 2.72. The third kappa shape index (κ3) is 3.71. The number of rotatable bonds is 4. The Morgan fingerprint density at radius 2 is 1.95 bits per heavy atom. The van der Waals surface area contributed by atoms with Crippen LogP contribution >= 0.6 is 0 Å². The molecule has 0 bridgehead atoms. The Hall–Kier alpha value is -1.06. The fourth-order valence-corrected chi connectivity index (χ4v) is 2.83. The van der Waals surface area contributed by atoms with E-state index < -0.39 is 0 Å². The smallest absolute Gasteiger partial charge is 0.0726 e. The monoisotopic (exact) mass is 262 g/mol. The highest BCUT2D eigenvalue weighted by atomic mass is 16.5. The Kier molecular flexibility index (Phi) is 4.83. The third-order valence-corrected chi connectivity index (χ3v) is 3.60. The van der Waals surface area contributed by atoms with Crippen LogP contribution < -0.4 is 10.2 Å². The highest BCUT2D eigenvalue weighted by Gasteiger charge is 2.23. The maximum absolute atomic E-state index is 5.80. The van der Waals surface area contributed by atoms with E-state index in [4.69, 9.17) is 4.74 Å². The molecule has 106 valence electrons. The summed E-state index contributed by atoms with van der Waals surface area (Å²) in [6, 6.07) is 6.78. The second-order valence-corrected chi connectivity index (χ2v) is 5.56. The number of morpholine rings is 1. The summed E-state index contributed by atoms with van der Waals surface area (Å²) in [6.45, 7) is 12.6. The van der Waals surface area contributed by atoms with Crippen LogP contribution in [0.2, 0.25) is 0 Å². The molecule has 1 N–H and O–H groups in total. The van der Waals surface area contributed by atoms with Gasteiger partial charge in [0.2, 0.25) is 0 Å². The van der Waals surface area contributed by atoms with Crippen LogP contribution in [0.25, 0.3) is 0 Å². The highest BCUT2D eigenvalue weighted by Crippen LogP contribution is 2.25. The number of nitrogens with zero attached hydrogens (tertiary/aromatic N) is 1. The van der Waals surface area contributed by atoms with Crippen molar-refractivity contribution in [2.24, 2.45) is 0 Å². The van der Waals surface area contributed by atoms with Crippen LogP contribution in [-0.2, 0) is 11.3 Å². The Labute approximate surface area is 116 Å². The van der Waals surface area contributed by atoms with Gasteiger partial charge < -0.3 is 15.0 Å². The van der Waals surface area contributed by atoms with Gasteiger partial charge in [-0.1, -0.05) is 19.1 Å². The van der Waals surface area contributed by atoms with E-state index in [1.54, 1.807) is 0 Å². The van der Waals surface area contributed by atoms with Gasteiger partial charge in [-0.15, -0.1) is 0 Å². The SMILES string of the molecule is CCNCc1ccc(N2C[C@@H](C)O[C@@H](C)C2)c(C)c1. The molecule has 0 aliphatic carbocycles. The van der Waals surface area contributed by atoms with Gasteiger partial charge in [-0.3, -0.25) is 0 Å². The van der Waals surface area contributed by atoms with Crippen molar-refractivity contribution >= 4 is 5.69 Å². The Morgan fingerprint density at radius 3 is 2.53 bits per heavy atom. The minimum atomic E-state index is 0.310. The number of aryl methyl sites for hydroxylation is 1.